The number of non-ortho nitro benzene ring substituents is 1. The molecule has 6 nitrogen and oxygen atoms in total. The number of nitro benzene ring substituents is 1. The van der Waals surface area contributed by atoms with Crippen LogP contribution in [0.15, 0.2) is 79.1 Å². The lowest BCUT2D eigenvalue weighted by atomic mass is 10.1. The Labute approximate surface area is 150 Å². The Hall–Kier alpha value is -3.54. The van der Waals surface area contributed by atoms with Gasteiger partial charge in [-0.3, -0.25) is 14.9 Å². The summed E-state index contributed by atoms with van der Waals surface area (Å²) in [5, 5.41) is 13.5. The lowest BCUT2D eigenvalue weighted by Gasteiger charge is -2.04. The molecule has 3 rings (SSSR count). The van der Waals surface area contributed by atoms with E-state index >= 15 is 0 Å². The van der Waals surface area contributed by atoms with E-state index in [-0.39, 0.29) is 18.1 Å². The van der Waals surface area contributed by atoms with Crippen molar-refractivity contribution in [1.29, 1.82) is 0 Å². The normalized spacial score (nSPS) is 10.3. The molecule has 0 spiro atoms. The van der Waals surface area contributed by atoms with Crippen LogP contribution in [-0.2, 0) is 17.8 Å². The summed E-state index contributed by atoms with van der Waals surface area (Å²) in [6.07, 6.45) is 4.54. The fraction of sp³-hybridized carbons (Fsp3) is 0.100. The number of amides is 1. The van der Waals surface area contributed by atoms with Gasteiger partial charge in [0.25, 0.3) is 11.6 Å². The van der Waals surface area contributed by atoms with Crippen LogP contribution in [-0.4, -0.2) is 10.8 Å². The highest BCUT2D eigenvalue weighted by Crippen LogP contribution is 2.16. The predicted octanol–water partition coefficient (Wildman–Crippen LogP) is 3.11. The van der Waals surface area contributed by atoms with Crippen LogP contribution in [0.25, 0.3) is 0 Å². The number of benzene rings is 2. The number of aromatic nitrogens is 1. The minimum Gasteiger partial charge on any atom is -0.320 e. The molecule has 1 aromatic heterocycles. The van der Waals surface area contributed by atoms with Crippen molar-refractivity contribution < 1.29 is 14.3 Å². The van der Waals surface area contributed by atoms with Crippen LogP contribution in [0, 0.1) is 10.1 Å². The van der Waals surface area contributed by atoms with Crippen molar-refractivity contribution in [1.82, 2.24) is 0 Å². The average Bonchev–Trinajstić information content (AvgIpc) is 2.64. The number of nitro groups is 1. The van der Waals surface area contributed by atoms with E-state index in [0.29, 0.717) is 5.69 Å². The molecular formula is C20H18N3O3+. The van der Waals surface area contributed by atoms with Gasteiger partial charge in [-0.05, 0) is 23.6 Å². The van der Waals surface area contributed by atoms with Crippen molar-refractivity contribution in [3.8, 4) is 0 Å². The first-order valence-corrected chi connectivity index (χ1v) is 8.16. The van der Waals surface area contributed by atoms with Crippen LogP contribution in [0.3, 0.4) is 0 Å². The molecule has 0 aliphatic carbocycles. The summed E-state index contributed by atoms with van der Waals surface area (Å²) >= 11 is 0. The molecule has 0 fully saturated rings. The maximum Gasteiger partial charge on any atom is 0.290 e. The second-order valence-corrected chi connectivity index (χ2v) is 5.90. The van der Waals surface area contributed by atoms with Gasteiger partial charge in [-0.2, -0.15) is 4.57 Å². The highest BCUT2D eigenvalue weighted by Gasteiger charge is 2.12. The standard InChI is InChI=1S/C20H17N3O3/c24-20(21-18-7-4-8-19(14-18)23(25)26)15-22-11-9-17(10-12-22)13-16-5-2-1-3-6-16/h1-12,14H,13,15H2/p+1. The largest absolute Gasteiger partial charge is 0.320 e. The number of anilines is 1. The topological polar surface area (TPSA) is 76.1 Å². The van der Waals surface area contributed by atoms with E-state index < -0.39 is 4.92 Å². The van der Waals surface area contributed by atoms with Crippen molar-refractivity contribution in [2.75, 3.05) is 5.32 Å². The molecule has 0 saturated heterocycles. The van der Waals surface area contributed by atoms with E-state index in [1.807, 2.05) is 42.7 Å². The van der Waals surface area contributed by atoms with Gasteiger partial charge in [-0.1, -0.05) is 36.4 Å². The van der Waals surface area contributed by atoms with E-state index in [1.54, 1.807) is 16.7 Å². The maximum absolute atomic E-state index is 12.1. The lowest BCUT2D eigenvalue weighted by Crippen LogP contribution is -2.39. The molecule has 1 heterocycles. The van der Waals surface area contributed by atoms with E-state index in [2.05, 4.69) is 17.4 Å². The summed E-state index contributed by atoms with van der Waals surface area (Å²) in [7, 11) is 0. The molecule has 0 atom stereocenters. The molecule has 0 bridgehead atoms. The van der Waals surface area contributed by atoms with Gasteiger partial charge >= 0.3 is 0 Å². The number of carbonyl (C=O) groups excluding carboxylic acids is 1. The summed E-state index contributed by atoms with van der Waals surface area (Å²) in [5.41, 5.74) is 2.74. The first-order chi connectivity index (χ1) is 12.6. The Morgan fingerprint density at radius 1 is 0.962 bits per heavy atom. The van der Waals surface area contributed by atoms with Crippen molar-refractivity contribution in [2.24, 2.45) is 0 Å². The molecule has 6 heteroatoms. The zero-order valence-corrected chi connectivity index (χ0v) is 14.0. The van der Waals surface area contributed by atoms with Crippen molar-refractivity contribution >= 4 is 17.3 Å². The van der Waals surface area contributed by atoms with E-state index in [1.165, 1.54) is 17.7 Å². The minimum absolute atomic E-state index is 0.0549. The second kappa shape index (κ2) is 8.02. The van der Waals surface area contributed by atoms with Gasteiger partial charge in [0.1, 0.15) is 0 Å². The lowest BCUT2D eigenvalue weighted by molar-refractivity contribution is -0.684. The van der Waals surface area contributed by atoms with Crippen LogP contribution < -0.4 is 9.88 Å². The molecule has 0 aliphatic heterocycles. The van der Waals surface area contributed by atoms with Gasteiger partial charge in [0, 0.05) is 30.0 Å². The smallest absolute Gasteiger partial charge is 0.290 e. The second-order valence-electron chi connectivity index (χ2n) is 5.90. The summed E-state index contributed by atoms with van der Waals surface area (Å²) < 4.78 is 1.77. The number of hydrogen-bond acceptors (Lipinski definition) is 3. The summed E-state index contributed by atoms with van der Waals surface area (Å²) in [6, 6.07) is 20.0. The first-order valence-electron chi connectivity index (χ1n) is 8.16. The third kappa shape index (κ3) is 4.73. The number of nitrogens with zero attached hydrogens (tertiary/aromatic N) is 2. The van der Waals surface area contributed by atoms with Crippen molar-refractivity contribution in [3.05, 3.63) is 100 Å². The number of rotatable bonds is 6. The molecule has 0 aliphatic rings. The Morgan fingerprint density at radius 2 is 1.65 bits per heavy atom. The molecule has 1 N–H and O–H groups in total. The molecule has 26 heavy (non-hydrogen) atoms. The zero-order valence-electron chi connectivity index (χ0n) is 14.0. The minimum atomic E-state index is -0.490. The van der Waals surface area contributed by atoms with Crippen molar-refractivity contribution in [3.63, 3.8) is 0 Å². The van der Waals surface area contributed by atoms with E-state index in [0.717, 1.165) is 12.0 Å². The van der Waals surface area contributed by atoms with Crippen LogP contribution in [0.5, 0.6) is 0 Å². The summed E-state index contributed by atoms with van der Waals surface area (Å²) in [4.78, 5) is 22.4. The quantitative estimate of drug-likeness (QED) is 0.422. The van der Waals surface area contributed by atoms with Gasteiger partial charge < -0.3 is 5.32 Å². The van der Waals surface area contributed by atoms with Crippen LogP contribution in [0.2, 0.25) is 0 Å². The fourth-order valence-electron chi connectivity index (χ4n) is 2.61. The van der Waals surface area contributed by atoms with Crippen molar-refractivity contribution in [2.45, 2.75) is 13.0 Å². The molecule has 130 valence electrons. The van der Waals surface area contributed by atoms with Crippen LogP contribution in [0.1, 0.15) is 11.1 Å². The highest BCUT2D eigenvalue weighted by atomic mass is 16.6. The average molecular weight is 348 g/mol. The molecule has 0 saturated carbocycles. The number of pyridine rings is 1. The van der Waals surface area contributed by atoms with Gasteiger partial charge in [0.2, 0.25) is 6.54 Å². The number of carbonyl (C=O) groups is 1. The van der Waals surface area contributed by atoms with Crippen LogP contribution in [0.4, 0.5) is 11.4 Å². The van der Waals surface area contributed by atoms with E-state index in [9.17, 15) is 14.9 Å². The number of hydrogen-bond donors (Lipinski definition) is 1. The SMILES string of the molecule is O=C(C[n+]1ccc(Cc2ccccc2)cc1)Nc1cccc([N+](=O)[O-])c1. The molecule has 0 unspecified atom stereocenters. The van der Waals surface area contributed by atoms with Gasteiger partial charge in [0.15, 0.2) is 12.4 Å². The Bertz CT molecular complexity index is 909. The Morgan fingerprint density at radius 3 is 2.35 bits per heavy atom. The Kier molecular flexibility index (Phi) is 5.34. The maximum atomic E-state index is 12.1. The van der Waals surface area contributed by atoms with Gasteiger partial charge in [-0.15, -0.1) is 0 Å². The Balaban J connectivity index is 1.59. The monoisotopic (exact) mass is 348 g/mol. The van der Waals surface area contributed by atoms with Gasteiger partial charge in [-0.25, -0.2) is 0 Å². The third-order valence-corrected chi connectivity index (χ3v) is 3.88. The predicted molar refractivity (Wildman–Crippen MR) is 97.6 cm³/mol. The van der Waals surface area contributed by atoms with Crippen LogP contribution >= 0.6 is 0 Å². The molecule has 1 amide bonds. The van der Waals surface area contributed by atoms with Gasteiger partial charge in [0.05, 0.1) is 4.92 Å². The molecule has 2 aromatic carbocycles. The summed E-state index contributed by atoms with van der Waals surface area (Å²) in [6.45, 7) is 0.133. The fourth-order valence-corrected chi connectivity index (χ4v) is 2.61. The van der Waals surface area contributed by atoms with E-state index in [4.69, 9.17) is 0 Å². The first kappa shape index (κ1) is 17.3. The zero-order chi connectivity index (χ0) is 18.4. The molecule has 3 aromatic rings. The summed E-state index contributed by atoms with van der Waals surface area (Å²) in [5.74, 6) is -0.244. The third-order valence-electron chi connectivity index (χ3n) is 3.88. The molecule has 0 radical (unpaired) electrons. The number of nitrogens with one attached hydrogen (secondary N) is 1. The molecular weight excluding hydrogens is 330 g/mol. The highest BCUT2D eigenvalue weighted by molar-refractivity contribution is 5.89.